The highest BCUT2D eigenvalue weighted by atomic mass is 16.6. The molecule has 0 aliphatic carbocycles. The van der Waals surface area contributed by atoms with E-state index in [-0.39, 0.29) is 25.0 Å². The highest BCUT2D eigenvalue weighted by Crippen LogP contribution is 2.21. The number of aromatic nitrogens is 1. The Morgan fingerprint density at radius 1 is 1.09 bits per heavy atom. The van der Waals surface area contributed by atoms with E-state index in [1.165, 1.54) is 0 Å². The van der Waals surface area contributed by atoms with Gasteiger partial charge >= 0.3 is 12.1 Å². The summed E-state index contributed by atoms with van der Waals surface area (Å²) in [5.74, 6) is -0.845. The van der Waals surface area contributed by atoms with Crippen LogP contribution in [0.25, 0.3) is 0 Å². The summed E-state index contributed by atoms with van der Waals surface area (Å²) >= 11 is 0. The SMILES string of the molecule is COCC(C)n1c(C)cc(C(=O)COC(=O)c2ccc(CNC(=O)OC(C)(C)C)cc2)c1C. The van der Waals surface area contributed by atoms with Crippen molar-refractivity contribution in [2.75, 3.05) is 20.3 Å². The fourth-order valence-corrected chi connectivity index (χ4v) is 3.59. The maximum absolute atomic E-state index is 12.7. The molecule has 8 nitrogen and oxygen atoms in total. The first-order chi connectivity index (χ1) is 15.4. The number of aryl methyl sites for hydroxylation is 1. The first-order valence-electron chi connectivity index (χ1n) is 10.9. The average molecular weight is 459 g/mol. The Labute approximate surface area is 195 Å². The van der Waals surface area contributed by atoms with Crippen LogP contribution >= 0.6 is 0 Å². The lowest BCUT2D eigenvalue weighted by molar-refractivity contribution is 0.0473. The molecule has 0 aliphatic rings. The summed E-state index contributed by atoms with van der Waals surface area (Å²) < 4.78 is 17.7. The Bertz CT molecular complexity index is 986. The lowest BCUT2D eigenvalue weighted by Crippen LogP contribution is -2.32. The predicted molar refractivity (Wildman–Crippen MR) is 125 cm³/mol. The third-order valence-corrected chi connectivity index (χ3v) is 4.99. The monoisotopic (exact) mass is 458 g/mol. The van der Waals surface area contributed by atoms with Gasteiger partial charge in [0.15, 0.2) is 6.61 Å². The molecule has 1 unspecified atom stereocenters. The smallest absolute Gasteiger partial charge is 0.407 e. The van der Waals surface area contributed by atoms with Crippen LogP contribution in [0.4, 0.5) is 4.79 Å². The molecule has 1 aromatic heterocycles. The van der Waals surface area contributed by atoms with Crippen LogP contribution in [0.3, 0.4) is 0 Å². The van der Waals surface area contributed by atoms with Crippen LogP contribution in [0.15, 0.2) is 30.3 Å². The third-order valence-electron chi connectivity index (χ3n) is 4.99. The van der Waals surface area contributed by atoms with E-state index in [0.717, 1.165) is 17.0 Å². The number of ether oxygens (including phenoxy) is 3. The second kappa shape index (κ2) is 11.1. The lowest BCUT2D eigenvalue weighted by Gasteiger charge is -2.19. The summed E-state index contributed by atoms with van der Waals surface area (Å²) in [5.41, 5.74) is 2.85. The van der Waals surface area contributed by atoms with Crippen molar-refractivity contribution in [1.82, 2.24) is 9.88 Å². The summed E-state index contributed by atoms with van der Waals surface area (Å²) in [6.07, 6.45) is -0.513. The van der Waals surface area contributed by atoms with Crippen molar-refractivity contribution in [3.05, 3.63) is 58.4 Å². The van der Waals surface area contributed by atoms with Crippen LogP contribution in [-0.2, 0) is 20.8 Å². The van der Waals surface area contributed by atoms with Crippen LogP contribution in [0.5, 0.6) is 0 Å². The van der Waals surface area contributed by atoms with Gasteiger partial charge in [0.25, 0.3) is 0 Å². The van der Waals surface area contributed by atoms with Crippen molar-refractivity contribution >= 4 is 17.8 Å². The molecule has 1 atom stereocenters. The highest BCUT2D eigenvalue weighted by Gasteiger charge is 2.20. The molecule has 33 heavy (non-hydrogen) atoms. The highest BCUT2D eigenvalue weighted by molar-refractivity contribution is 6.00. The number of benzene rings is 1. The average Bonchev–Trinajstić information content (AvgIpc) is 3.03. The van der Waals surface area contributed by atoms with Gasteiger partial charge in [-0.1, -0.05) is 12.1 Å². The minimum atomic E-state index is -0.587. The molecule has 0 bridgehead atoms. The van der Waals surface area contributed by atoms with Crippen molar-refractivity contribution in [3.8, 4) is 0 Å². The van der Waals surface area contributed by atoms with E-state index < -0.39 is 17.7 Å². The van der Waals surface area contributed by atoms with Crippen LogP contribution < -0.4 is 5.32 Å². The van der Waals surface area contributed by atoms with Gasteiger partial charge in [-0.05, 0) is 65.3 Å². The zero-order valence-corrected chi connectivity index (χ0v) is 20.5. The lowest BCUT2D eigenvalue weighted by atomic mass is 10.1. The van der Waals surface area contributed by atoms with E-state index in [2.05, 4.69) is 5.32 Å². The van der Waals surface area contributed by atoms with Gasteiger partial charge in [0.2, 0.25) is 5.78 Å². The minimum Gasteiger partial charge on any atom is -0.454 e. The van der Waals surface area contributed by atoms with Crippen LogP contribution in [0, 0.1) is 13.8 Å². The van der Waals surface area contributed by atoms with Crippen LogP contribution in [0.1, 0.15) is 71.4 Å². The van der Waals surface area contributed by atoms with Gasteiger partial charge in [0.1, 0.15) is 5.60 Å². The Morgan fingerprint density at radius 2 is 1.73 bits per heavy atom. The van der Waals surface area contributed by atoms with Gasteiger partial charge in [-0.2, -0.15) is 0 Å². The number of hydrogen-bond donors (Lipinski definition) is 1. The molecule has 180 valence electrons. The Kier molecular flexibility index (Phi) is 8.82. The molecule has 2 rings (SSSR count). The second-order valence-electron chi connectivity index (χ2n) is 9.01. The molecular weight excluding hydrogens is 424 g/mol. The number of carbonyl (C=O) groups excluding carboxylic acids is 3. The summed E-state index contributed by atoms with van der Waals surface area (Å²) in [5, 5.41) is 2.66. The first-order valence-corrected chi connectivity index (χ1v) is 10.9. The standard InChI is InChI=1S/C25H34N2O6/c1-16-12-21(18(3)27(16)17(2)14-31-7)22(28)15-32-23(29)20-10-8-19(9-11-20)13-26-24(30)33-25(4,5)6/h8-12,17H,13-15H2,1-7H3,(H,26,30). The Hall–Kier alpha value is -3.13. The molecule has 8 heteroatoms. The third kappa shape index (κ3) is 7.46. The number of esters is 1. The molecule has 0 fully saturated rings. The largest absolute Gasteiger partial charge is 0.454 e. The zero-order valence-electron chi connectivity index (χ0n) is 20.5. The van der Waals surface area contributed by atoms with Gasteiger partial charge in [-0.25, -0.2) is 9.59 Å². The summed E-state index contributed by atoms with van der Waals surface area (Å²) in [6.45, 7) is 11.6. The number of amides is 1. The van der Waals surface area contributed by atoms with Crippen molar-refractivity contribution in [2.24, 2.45) is 0 Å². The molecule has 2 aromatic rings. The molecule has 1 N–H and O–H groups in total. The maximum Gasteiger partial charge on any atom is 0.407 e. The number of hydrogen-bond acceptors (Lipinski definition) is 6. The fourth-order valence-electron chi connectivity index (χ4n) is 3.59. The molecule has 0 saturated carbocycles. The maximum atomic E-state index is 12.7. The predicted octanol–water partition coefficient (Wildman–Crippen LogP) is 4.38. The molecule has 0 aliphatic heterocycles. The molecule has 0 spiro atoms. The van der Waals surface area contributed by atoms with E-state index >= 15 is 0 Å². The number of ketones is 1. The van der Waals surface area contributed by atoms with Crippen molar-refractivity contribution < 1.29 is 28.6 Å². The molecule has 1 aromatic carbocycles. The number of alkyl carbamates (subject to hydrolysis) is 1. The van der Waals surface area contributed by atoms with Crippen molar-refractivity contribution in [1.29, 1.82) is 0 Å². The number of methoxy groups -OCH3 is 1. The molecule has 0 saturated heterocycles. The molecule has 0 radical (unpaired) electrons. The first kappa shape index (κ1) is 26.1. The number of nitrogens with zero attached hydrogens (tertiary/aromatic N) is 1. The zero-order chi connectivity index (χ0) is 24.8. The number of rotatable bonds is 9. The number of carbonyl (C=O) groups is 3. The number of nitrogens with one attached hydrogen (secondary N) is 1. The Balaban J connectivity index is 1.92. The van der Waals surface area contributed by atoms with Crippen LogP contribution in [-0.4, -0.2) is 48.3 Å². The van der Waals surface area contributed by atoms with Gasteiger partial charge < -0.3 is 24.1 Å². The van der Waals surface area contributed by atoms with Gasteiger partial charge in [0.05, 0.1) is 18.2 Å². The molecule has 1 heterocycles. The van der Waals surface area contributed by atoms with Crippen molar-refractivity contribution in [2.45, 2.75) is 59.7 Å². The summed E-state index contributed by atoms with van der Waals surface area (Å²) in [7, 11) is 1.64. The van der Waals surface area contributed by atoms with Gasteiger partial charge in [-0.15, -0.1) is 0 Å². The van der Waals surface area contributed by atoms with Crippen molar-refractivity contribution in [3.63, 3.8) is 0 Å². The minimum absolute atomic E-state index is 0.0856. The normalized spacial score (nSPS) is 12.2. The van der Waals surface area contributed by atoms with E-state index in [0.29, 0.717) is 17.7 Å². The van der Waals surface area contributed by atoms with Gasteiger partial charge in [0, 0.05) is 30.6 Å². The second-order valence-corrected chi connectivity index (χ2v) is 9.01. The van der Waals surface area contributed by atoms with E-state index in [9.17, 15) is 14.4 Å². The molecular formula is C25H34N2O6. The quantitative estimate of drug-likeness (QED) is 0.443. The van der Waals surface area contributed by atoms with E-state index in [4.69, 9.17) is 14.2 Å². The number of Topliss-reactive ketones (excluding diaryl/α,β-unsaturated/α-hetero) is 1. The van der Waals surface area contributed by atoms with E-state index in [1.54, 1.807) is 52.1 Å². The topological polar surface area (TPSA) is 95.9 Å². The summed E-state index contributed by atoms with van der Waals surface area (Å²) in [4.78, 5) is 36.8. The van der Waals surface area contributed by atoms with E-state index in [1.807, 2.05) is 31.4 Å². The molecule has 1 amide bonds. The van der Waals surface area contributed by atoms with Gasteiger partial charge in [-0.3, -0.25) is 4.79 Å². The van der Waals surface area contributed by atoms with Crippen LogP contribution in [0.2, 0.25) is 0 Å². The fraction of sp³-hybridized carbons (Fsp3) is 0.480. The summed E-state index contributed by atoms with van der Waals surface area (Å²) in [6, 6.07) is 8.50. The Morgan fingerprint density at radius 3 is 2.30 bits per heavy atom.